The molecule has 3 atom stereocenters. The highest BCUT2D eigenvalue weighted by molar-refractivity contribution is 5.16. The summed E-state index contributed by atoms with van der Waals surface area (Å²) in [5.41, 5.74) is 0. The zero-order chi connectivity index (χ0) is 16.5. The number of hydrogen-bond donors (Lipinski definition) is 0. The molecular weight excluding hydrogens is 300 g/mol. The van der Waals surface area contributed by atoms with E-state index in [0.29, 0.717) is 18.1 Å². The van der Waals surface area contributed by atoms with Crippen LogP contribution in [-0.4, -0.2) is 38.6 Å². The topological polar surface area (TPSA) is 43.2 Å². The standard InChI is InChI=1S/C19H26N4O/c1-14(2)23-9-8-21-19(23)13-22-11-15-5-6-18(17(15)12-22)24-16-4-3-7-20-10-16/h3-4,7-10,14-15,17-18H,5-6,11-13H2,1-2H3/t15-,17+,18-/m1/s1. The molecule has 2 fully saturated rings. The second kappa shape index (κ2) is 6.55. The molecule has 5 heteroatoms. The molecule has 1 aliphatic carbocycles. The number of pyridine rings is 1. The van der Waals surface area contributed by atoms with Gasteiger partial charge in [0.05, 0.1) is 12.7 Å². The first kappa shape index (κ1) is 15.6. The number of aromatic nitrogens is 3. The van der Waals surface area contributed by atoms with Crippen LogP contribution in [0.2, 0.25) is 0 Å². The van der Waals surface area contributed by atoms with E-state index in [1.165, 1.54) is 25.2 Å². The Morgan fingerprint density at radius 3 is 2.96 bits per heavy atom. The molecule has 0 amide bonds. The van der Waals surface area contributed by atoms with E-state index in [0.717, 1.165) is 24.8 Å². The summed E-state index contributed by atoms with van der Waals surface area (Å²) in [5, 5.41) is 0. The highest BCUT2D eigenvalue weighted by Gasteiger charge is 2.44. The van der Waals surface area contributed by atoms with E-state index >= 15 is 0 Å². The zero-order valence-corrected chi connectivity index (χ0v) is 14.5. The summed E-state index contributed by atoms with van der Waals surface area (Å²) < 4.78 is 8.50. The Labute approximate surface area is 143 Å². The molecule has 128 valence electrons. The lowest BCUT2D eigenvalue weighted by molar-refractivity contribution is 0.146. The first-order valence-corrected chi connectivity index (χ1v) is 9.01. The quantitative estimate of drug-likeness (QED) is 0.846. The van der Waals surface area contributed by atoms with Crippen molar-refractivity contribution in [2.45, 2.75) is 45.4 Å². The van der Waals surface area contributed by atoms with E-state index in [4.69, 9.17) is 4.74 Å². The normalized spacial score (nSPS) is 26.9. The summed E-state index contributed by atoms with van der Waals surface area (Å²) in [5.74, 6) is 3.47. The van der Waals surface area contributed by atoms with Crippen molar-refractivity contribution < 1.29 is 4.74 Å². The van der Waals surface area contributed by atoms with Crippen LogP contribution in [0.15, 0.2) is 36.9 Å². The van der Waals surface area contributed by atoms with Gasteiger partial charge in [0.1, 0.15) is 17.7 Å². The maximum absolute atomic E-state index is 6.22. The lowest BCUT2D eigenvalue weighted by Gasteiger charge is -2.22. The molecule has 2 aliphatic rings. The molecule has 0 aromatic carbocycles. The van der Waals surface area contributed by atoms with Gasteiger partial charge in [-0.3, -0.25) is 9.88 Å². The Balaban J connectivity index is 1.40. The highest BCUT2D eigenvalue weighted by atomic mass is 16.5. The number of rotatable bonds is 5. The fourth-order valence-corrected chi connectivity index (χ4v) is 4.31. The molecule has 3 heterocycles. The van der Waals surface area contributed by atoms with E-state index in [1.54, 1.807) is 6.20 Å². The van der Waals surface area contributed by atoms with Crippen LogP contribution in [0.5, 0.6) is 5.75 Å². The average molecular weight is 326 g/mol. The number of imidazole rings is 1. The van der Waals surface area contributed by atoms with Gasteiger partial charge in [0, 0.05) is 43.6 Å². The van der Waals surface area contributed by atoms with E-state index in [9.17, 15) is 0 Å². The van der Waals surface area contributed by atoms with Crippen LogP contribution in [0.25, 0.3) is 0 Å². The largest absolute Gasteiger partial charge is 0.488 e. The van der Waals surface area contributed by atoms with Crippen molar-refractivity contribution in [3.05, 3.63) is 42.7 Å². The summed E-state index contributed by atoms with van der Waals surface area (Å²) in [6, 6.07) is 4.41. The van der Waals surface area contributed by atoms with Gasteiger partial charge in [-0.2, -0.15) is 0 Å². The Kier molecular flexibility index (Phi) is 4.27. The average Bonchev–Trinajstić information content (AvgIpc) is 3.26. The highest BCUT2D eigenvalue weighted by Crippen LogP contribution is 2.40. The van der Waals surface area contributed by atoms with Gasteiger partial charge in [0.2, 0.25) is 0 Å². The van der Waals surface area contributed by atoms with Gasteiger partial charge < -0.3 is 9.30 Å². The molecule has 5 nitrogen and oxygen atoms in total. The van der Waals surface area contributed by atoms with E-state index in [1.807, 2.05) is 24.5 Å². The van der Waals surface area contributed by atoms with Crippen LogP contribution in [0.3, 0.4) is 0 Å². The molecule has 4 rings (SSSR count). The van der Waals surface area contributed by atoms with Crippen LogP contribution in [0.4, 0.5) is 0 Å². The fraction of sp³-hybridized carbons (Fsp3) is 0.579. The molecule has 2 aromatic heterocycles. The van der Waals surface area contributed by atoms with Crippen molar-refractivity contribution in [2.24, 2.45) is 11.8 Å². The van der Waals surface area contributed by atoms with E-state index in [-0.39, 0.29) is 0 Å². The smallest absolute Gasteiger partial charge is 0.138 e. The Morgan fingerprint density at radius 1 is 1.25 bits per heavy atom. The third-order valence-corrected chi connectivity index (χ3v) is 5.46. The lowest BCUT2D eigenvalue weighted by atomic mass is 9.99. The predicted octanol–water partition coefficient (Wildman–Crippen LogP) is 3.15. The first-order valence-electron chi connectivity index (χ1n) is 9.01. The SMILES string of the molecule is CC(C)n1ccnc1CN1C[C@H]2CC[C@@H](Oc3cccnc3)[C@H]2C1. The summed E-state index contributed by atoms with van der Waals surface area (Å²) in [6.07, 6.45) is 10.4. The minimum Gasteiger partial charge on any atom is -0.488 e. The van der Waals surface area contributed by atoms with E-state index < -0.39 is 0 Å². The minimum atomic E-state index is 0.328. The van der Waals surface area contributed by atoms with Crippen LogP contribution in [-0.2, 0) is 6.54 Å². The van der Waals surface area contributed by atoms with Crippen molar-refractivity contribution in [3.63, 3.8) is 0 Å². The van der Waals surface area contributed by atoms with Crippen molar-refractivity contribution in [1.29, 1.82) is 0 Å². The molecule has 0 N–H and O–H groups in total. The van der Waals surface area contributed by atoms with Gasteiger partial charge in [0.15, 0.2) is 0 Å². The van der Waals surface area contributed by atoms with Crippen LogP contribution in [0, 0.1) is 11.8 Å². The van der Waals surface area contributed by atoms with Gasteiger partial charge >= 0.3 is 0 Å². The van der Waals surface area contributed by atoms with Crippen LogP contribution in [0.1, 0.15) is 38.6 Å². The van der Waals surface area contributed by atoms with Crippen molar-refractivity contribution in [3.8, 4) is 5.75 Å². The molecule has 0 radical (unpaired) electrons. The molecule has 2 aromatic rings. The minimum absolute atomic E-state index is 0.328. The number of fused-ring (bicyclic) bond motifs is 1. The maximum atomic E-state index is 6.22. The molecule has 0 unspecified atom stereocenters. The Bertz CT molecular complexity index is 669. The first-order chi connectivity index (χ1) is 11.7. The molecule has 1 saturated carbocycles. The molecule has 0 bridgehead atoms. The van der Waals surface area contributed by atoms with Gasteiger partial charge in [0.25, 0.3) is 0 Å². The molecule has 1 aliphatic heterocycles. The monoisotopic (exact) mass is 326 g/mol. The second-order valence-electron chi connectivity index (χ2n) is 7.38. The fourth-order valence-electron chi connectivity index (χ4n) is 4.31. The van der Waals surface area contributed by atoms with E-state index in [2.05, 4.69) is 39.5 Å². The maximum Gasteiger partial charge on any atom is 0.138 e. The third-order valence-electron chi connectivity index (χ3n) is 5.46. The Hall–Kier alpha value is -1.88. The molecule has 1 saturated heterocycles. The van der Waals surface area contributed by atoms with Gasteiger partial charge in [-0.1, -0.05) is 0 Å². The number of hydrogen-bond acceptors (Lipinski definition) is 4. The zero-order valence-electron chi connectivity index (χ0n) is 14.5. The van der Waals surface area contributed by atoms with Crippen molar-refractivity contribution >= 4 is 0 Å². The predicted molar refractivity (Wildman–Crippen MR) is 92.8 cm³/mol. The number of nitrogens with zero attached hydrogens (tertiary/aromatic N) is 4. The second-order valence-corrected chi connectivity index (χ2v) is 7.38. The van der Waals surface area contributed by atoms with Crippen molar-refractivity contribution in [2.75, 3.05) is 13.1 Å². The Morgan fingerprint density at radius 2 is 2.17 bits per heavy atom. The number of ether oxygens (including phenoxy) is 1. The van der Waals surface area contributed by atoms with Crippen LogP contribution < -0.4 is 4.74 Å². The molecule has 0 spiro atoms. The summed E-state index contributed by atoms with van der Waals surface area (Å²) in [4.78, 5) is 11.3. The lowest BCUT2D eigenvalue weighted by Crippen LogP contribution is -2.29. The molecule has 24 heavy (non-hydrogen) atoms. The number of likely N-dealkylation sites (tertiary alicyclic amines) is 1. The molecular formula is C19H26N4O. The summed E-state index contributed by atoms with van der Waals surface area (Å²) in [7, 11) is 0. The van der Waals surface area contributed by atoms with Gasteiger partial charge in [-0.05, 0) is 44.7 Å². The summed E-state index contributed by atoms with van der Waals surface area (Å²) in [6.45, 7) is 7.64. The summed E-state index contributed by atoms with van der Waals surface area (Å²) >= 11 is 0. The van der Waals surface area contributed by atoms with Crippen LogP contribution >= 0.6 is 0 Å². The van der Waals surface area contributed by atoms with Gasteiger partial charge in [-0.25, -0.2) is 4.98 Å². The third kappa shape index (κ3) is 3.05. The van der Waals surface area contributed by atoms with Gasteiger partial charge in [-0.15, -0.1) is 0 Å². The van der Waals surface area contributed by atoms with Crippen molar-refractivity contribution in [1.82, 2.24) is 19.4 Å².